The van der Waals surface area contributed by atoms with E-state index in [0.717, 1.165) is 23.0 Å². The molecule has 1 N–H and O–H groups in total. The summed E-state index contributed by atoms with van der Waals surface area (Å²) >= 11 is 0. The molecule has 0 saturated heterocycles. The molecule has 0 atom stereocenters. The van der Waals surface area contributed by atoms with E-state index in [-0.39, 0.29) is 24.3 Å². The van der Waals surface area contributed by atoms with E-state index in [9.17, 15) is 23.2 Å². The van der Waals surface area contributed by atoms with Crippen molar-refractivity contribution in [3.8, 4) is 0 Å². The molecule has 0 spiro atoms. The molecule has 0 aliphatic carbocycles. The molecule has 0 bridgehead atoms. The Kier molecular flexibility index (Phi) is 6.12. The molecule has 0 aliphatic rings. The van der Waals surface area contributed by atoms with Gasteiger partial charge in [0, 0.05) is 40.8 Å². The van der Waals surface area contributed by atoms with E-state index in [1.54, 1.807) is 36.5 Å². The Morgan fingerprint density at radius 2 is 1.64 bits per heavy atom. The van der Waals surface area contributed by atoms with Gasteiger partial charge in [0.05, 0.1) is 12.1 Å². The van der Waals surface area contributed by atoms with Crippen LogP contribution in [-0.2, 0) is 13.0 Å². The van der Waals surface area contributed by atoms with Crippen LogP contribution in [0.4, 0.5) is 8.78 Å². The lowest BCUT2D eigenvalue weighted by Gasteiger charge is -2.09. The van der Waals surface area contributed by atoms with E-state index < -0.39 is 23.0 Å². The zero-order chi connectivity index (χ0) is 25.2. The molecule has 0 unspecified atom stereocenters. The van der Waals surface area contributed by atoms with Gasteiger partial charge in [0.2, 0.25) is 0 Å². The van der Waals surface area contributed by atoms with Gasteiger partial charge in [0.15, 0.2) is 23.2 Å². The van der Waals surface area contributed by atoms with E-state index >= 15 is 0 Å². The van der Waals surface area contributed by atoms with Crippen LogP contribution in [-0.4, -0.2) is 21.1 Å². The van der Waals surface area contributed by atoms with Crippen LogP contribution < -0.4 is 5.56 Å². The molecular weight excluding hydrogens is 462 g/mol. The number of aromatic amines is 1. The minimum Gasteiger partial charge on any atom is -0.360 e. The summed E-state index contributed by atoms with van der Waals surface area (Å²) in [6.07, 6.45) is 3.09. The van der Waals surface area contributed by atoms with Gasteiger partial charge >= 0.3 is 0 Å². The minimum absolute atomic E-state index is 0.00817. The van der Waals surface area contributed by atoms with Gasteiger partial charge in [-0.2, -0.15) is 0 Å². The Morgan fingerprint density at radius 3 is 2.47 bits per heavy atom. The van der Waals surface area contributed by atoms with E-state index in [2.05, 4.69) is 4.98 Å². The van der Waals surface area contributed by atoms with Crippen LogP contribution in [0.2, 0.25) is 0 Å². The fraction of sp³-hybridized carbons (Fsp3) is 0.0690. The van der Waals surface area contributed by atoms with Crippen LogP contribution in [0.25, 0.3) is 10.9 Å². The van der Waals surface area contributed by atoms with Crippen LogP contribution in [0.15, 0.2) is 96.1 Å². The number of fused-ring (bicyclic) bond motifs is 1. The Bertz CT molecular complexity index is 1680. The monoisotopic (exact) mass is 482 g/mol. The minimum atomic E-state index is -1.00. The molecule has 3 aromatic carbocycles. The molecule has 5 aromatic rings. The van der Waals surface area contributed by atoms with Crippen LogP contribution in [0.1, 0.15) is 37.4 Å². The lowest BCUT2D eigenvalue weighted by Crippen LogP contribution is -2.27. The maximum atomic E-state index is 13.5. The van der Waals surface area contributed by atoms with Crippen molar-refractivity contribution in [3.05, 3.63) is 141 Å². The number of nitrogens with zero attached hydrogens (tertiary/aromatic N) is 1. The van der Waals surface area contributed by atoms with Gasteiger partial charge in [0.25, 0.3) is 5.56 Å². The van der Waals surface area contributed by atoms with Crippen molar-refractivity contribution >= 4 is 22.5 Å². The summed E-state index contributed by atoms with van der Waals surface area (Å²) in [7, 11) is 0. The van der Waals surface area contributed by atoms with Crippen molar-refractivity contribution in [1.82, 2.24) is 9.55 Å². The maximum Gasteiger partial charge on any atom is 0.261 e. The van der Waals surface area contributed by atoms with Crippen molar-refractivity contribution in [2.75, 3.05) is 0 Å². The summed E-state index contributed by atoms with van der Waals surface area (Å²) in [5, 5.41) is 0.815. The van der Waals surface area contributed by atoms with Crippen molar-refractivity contribution in [1.29, 1.82) is 0 Å². The molecule has 0 amide bonds. The second-order valence-corrected chi connectivity index (χ2v) is 8.48. The predicted octanol–water partition coefficient (Wildman–Crippen LogP) is 5.31. The normalized spacial score (nSPS) is 11.1. The molecular formula is C29H20F2N2O3. The SMILES string of the molecule is O=C(Cc1cccc(C(=O)c2c[nH]c3ccccc23)c1)c1cccn(Cc2ccc(F)c(F)c2)c1=O. The largest absolute Gasteiger partial charge is 0.360 e. The van der Waals surface area contributed by atoms with Crippen LogP contribution in [0, 0.1) is 11.6 Å². The highest BCUT2D eigenvalue weighted by molar-refractivity contribution is 6.16. The molecule has 0 fully saturated rings. The zero-order valence-electron chi connectivity index (χ0n) is 19.0. The number of hydrogen-bond acceptors (Lipinski definition) is 3. The lowest BCUT2D eigenvalue weighted by molar-refractivity contribution is 0.0988. The number of nitrogens with one attached hydrogen (secondary N) is 1. The first-order chi connectivity index (χ1) is 17.4. The van der Waals surface area contributed by atoms with Gasteiger partial charge in [-0.3, -0.25) is 14.4 Å². The van der Waals surface area contributed by atoms with Crippen molar-refractivity contribution in [2.45, 2.75) is 13.0 Å². The van der Waals surface area contributed by atoms with Gasteiger partial charge in [-0.1, -0.05) is 42.5 Å². The summed E-state index contributed by atoms with van der Waals surface area (Å²) in [5.41, 5.74) is 2.28. The fourth-order valence-electron chi connectivity index (χ4n) is 4.23. The molecule has 7 heteroatoms. The highest BCUT2D eigenvalue weighted by atomic mass is 19.2. The molecule has 0 saturated carbocycles. The molecule has 2 heterocycles. The number of carbonyl (C=O) groups excluding carboxylic acids is 2. The summed E-state index contributed by atoms with van der Waals surface area (Å²) in [4.78, 5) is 42.2. The molecule has 5 rings (SSSR count). The number of halogens is 2. The second kappa shape index (κ2) is 9.54. The first kappa shape index (κ1) is 23.1. The molecule has 178 valence electrons. The van der Waals surface area contributed by atoms with E-state index in [0.29, 0.717) is 22.3 Å². The number of Topliss-reactive ketones (excluding diaryl/α,β-unsaturated/α-hetero) is 1. The molecule has 0 aliphatic heterocycles. The average Bonchev–Trinajstić information content (AvgIpc) is 3.31. The first-order valence-electron chi connectivity index (χ1n) is 11.3. The zero-order valence-corrected chi connectivity index (χ0v) is 19.0. The number of hydrogen-bond donors (Lipinski definition) is 1. The second-order valence-electron chi connectivity index (χ2n) is 8.48. The number of ketones is 2. The summed E-state index contributed by atoms with van der Waals surface area (Å²) in [5.74, 6) is -2.55. The number of carbonyl (C=O) groups is 2. The molecule has 36 heavy (non-hydrogen) atoms. The number of pyridine rings is 1. The molecule has 2 aromatic heterocycles. The Labute approximate surface area is 204 Å². The summed E-state index contributed by atoms with van der Waals surface area (Å²) in [6.45, 7) is -0.00817. The van der Waals surface area contributed by atoms with Gasteiger partial charge in [-0.15, -0.1) is 0 Å². The summed E-state index contributed by atoms with van der Waals surface area (Å²) < 4.78 is 28.0. The number of aromatic nitrogens is 2. The Balaban J connectivity index is 1.37. The lowest BCUT2D eigenvalue weighted by atomic mass is 9.98. The quantitative estimate of drug-likeness (QED) is 0.320. The third kappa shape index (κ3) is 4.51. The van der Waals surface area contributed by atoms with E-state index in [4.69, 9.17) is 0 Å². The first-order valence-corrected chi connectivity index (χ1v) is 11.3. The van der Waals surface area contributed by atoms with Gasteiger partial charge < -0.3 is 9.55 Å². The number of benzene rings is 3. The maximum absolute atomic E-state index is 13.5. The van der Waals surface area contributed by atoms with Gasteiger partial charge in [-0.05, 0) is 47.5 Å². The number of para-hydroxylation sites is 1. The van der Waals surface area contributed by atoms with Crippen LogP contribution >= 0.6 is 0 Å². The Morgan fingerprint density at radius 1 is 0.806 bits per heavy atom. The van der Waals surface area contributed by atoms with Crippen molar-refractivity contribution in [3.63, 3.8) is 0 Å². The topological polar surface area (TPSA) is 71.9 Å². The highest BCUT2D eigenvalue weighted by Crippen LogP contribution is 2.21. The third-order valence-electron chi connectivity index (χ3n) is 6.05. The van der Waals surface area contributed by atoms with Gasteiger partial charge in [0.1, 0.15) is 0 Å². The standard InChI is InChI=1S/C29H20F2N2O3/c30-24-11-10-19(14-25(24)31)17-33-12-4-8-22(29(33)36)27(34)15-18-5-3-6-20(13-18)28(35)23-16-32-26-9-2-1-7-21(23)26/h1-14,16,32H,15,17H2. The van der Waals surface area contributed by atoms with Crippen LogP contribution in [0.5, 0.6) is 0 Å². The third-order valence-corrected chi connectivity index (χ3v) is 6.05. The average molecular weight is 482 g/mol. The molecule has 0 radical (unpaired) electrons. The van der Waals surface area contributed by atoms with Crippen molar-refractivity contribution in [2.24, 2.45) is 0 Å². The van der Waals surface area contributed by atoms with Crippen molar-refractivity contribution < 1.29 is 18.4 Å². The number of H-pyrrole nitrogens is 1. The van der Waals surface area contributed by atoms with E-state index in [1.165, 1.54) is 22.9 Å². The fourth-order valence-corrected chi connectivity index (χ4v) is 4.23. The predicted molar refractivity (Wildman–Crippen MR) is 132 cm³/mol. The highest BCUT2D eigenvalue weighted by Gasteiger charge is 2.17. The number of rotatable bonds is 7. The van der Waals surface area contributed by atoms with Crippen LogP contribution in [0.3, 0.4) is 0 Å². The Hall–Kier alpha value is -4.65. The smallest absolute Gasteiger partial charge is 0.261 e. The molecule has 5 nitrogen and oxygen atoms in total. The van der Waals surface area contributed by atoms with Gasteiger partial charge in [-0.25, -0.2) is 8.78 Å². The summed E-state index contributed by atoms with van der Waals surface area (Å²) in [6, 6.07) is 20.7. The van der Waals surface area contributed by atoms with E-state index in [1.807, 2.05) is 24.3 Å².